The van der Waals surface area contributed by atoms with Crippen LogP contribution in [0.15, 0.2) is 0 Å². The molecule has 100 valence electrons. The van der Waals surface area contributed by atoms with E-state index in [1.807, 2.05) is 0 Å². The van der Waals surface area contributed by atoms with E-state index in [-0.39, 0.29) is 0 Å². The summed E-state index contributed by atoms with van der Waals surface area (Å²) in [4.78, 5) is 2.75. The van der Waals surface area contributed by atoms with Crippen LogP contribution in [0.5, 0.6) is 0 Å². The van der Waals surface area contributed by atoms with Gasteiger partial charge in [0.1, 0.15) is 0 Å². The van der Waals surface area contributed by atoms with Gasteiger partial charge in [-0.25, -0.2) is 0 Å². The average molecular weight is 238 g/mol. The topological polar surface area (TPSA) is 29.3 Å². The molecule has 0 aromatic heterocycles. The first-order valence-corrected chi connectivity index (χ1v) is 7.47. The van der Waals surface area contributed by atoms with E-state index in [1.54, 1.807) is 0 Å². The molecular weight excluding hydrogens is 208 g/mol. The molecule has 0 radical (unpaired) electrons. The molecule has 1 saturated carbocycles. The molecule has 2 rings (SSSR count). The zero-order valence-corrected chi connectivity index (χ0v) is 11.9. The van der Waals surface area contributed by atoms with Crippen LogP contribution in [-0.4, -0.2) is 30.1 Å². The molecule has 2 N–H and O–H groups in total. The Hall–Kier alpha value is -0.0800. The van der Waals surface area contributed by atoms with Crippen LogP contribution in [-0.2, 0) is 0 Å². The lowest BCUT2D eigenvalue weighted by Crippen LogP contribution is -2.52. The highest BCUT2D eigenvalue weighted by Crippen LogP contribution is 2.38. The van der Waals surface area contributed by atoms with Gasteiger partial charge in [-0.15, -0.1) is 0 Å². The van der Waals surface area contributed by atoms with Gasteiger partial charge >= 0.3 is 0 Å². The van der Waals surface area contributed by atoms with Crippen molar-refractivity contribution in [3.8, 4) is 0 Å². The molecule has 1 saturated heterocycles. The first-order valence-electron chi connectivity index (χ1n) is 7.47. The van der Waals surface area contributed by atoms with Crippen LogP contribution in [0.4, 0.5) is 0 Å². The lowest BCUT2D eigenvalue weighted by molar-refractivity contribution is 0.0369. The lowest BCUT2D eigenvalue weighted by atomic mass is 9.74. The maximum Gasteiger partial charge on any atom is 0.0223 e. The minimum absolute atomic E-state index is 0.581. The molecular formula is C15H30N2. The third-order valence-electron chi connectivity index (χ3n) is 5.07. The van der Waals surface area contributed by atoms with Gasteiger partial charge < -0.3 is 5.73 Å². The molecule has 2 fully saturated rings. The minimum atomic E-state index is 0.581. The van der Waals surface area contributed by atoms with Gasteiger partial charge in [-0.3, -0.25) is 4.90 Å². The molecule has 0 amide bonds. The zero-order valence-electron chi connectivity index (χ0n) is 11.9. The van der Waals surface area contributed by atoms with Gasteiger partial charge in [-0.2, -0.15) is 0 Å². The van der Waals surface area contributed by atoms with Crippen molar-refractivity contribution in [2.75, 3.05) is 13.1 Å². The normalized spacial score (nSPS) is 36.0. The maximum atomic E-state index is 5.97. The van der Waals surface area contributed by atoms with Crippen molar-refractivity contribution in [3.05, 3.63) is 0 Å². The summed E-state index contributed by atoms with van der Waals surface area (Å²) in [5.74, 6) is 0.875. The largest absolute Gasteiger partial charge is 0.329 e. The Bertz CT molecular complexity index is 239. The highest BCUT2D eigenvalue weighted by Gasteiger charge is 2.35. The molecule has 17 heavy (non-hydrogen) atoms. The summed E-state index contributed by atoms with van der Waals surface area (Å²) in [6, 6.07) is 1.48. The minimum Gasteiger partial charge on any atom is -0.329 e. The molecule has 0 aromatic rings. The van der Waals surface area contributed by atoms with Crippen LogP contribution in [0.2, 0.25) is 0 Å². The maximum absolute atomic E-state index is 5.97. The first-order chi connectivity index (χ1) is 8.02. The first kappa shape index (κ1) is 13.4. The molecule has 1 heterocycles. The van der Waals surface area contributed by atoms with Crippen LogP contribution < -0.4 is 5.73 Å². The van der Waals surface area contributed by atoms with E-state index in [1.165, 1.54) is 45.1 Å². The number of hydrogen-bond donors (Lipinski definition) is 1. The van der Waals surface area contributed by atoms with Crippen LogP contribution >= 0.6 is 0 Å². The van der Waals surface area contributed by atoms with Crippen molar-refractivity contribution < 1.29 is 0 Å². The smallest absolute Gasteiger partial charge is 0.0223 e. The second kappa shape index (κ2) is 5.27. The molecule has 2 unspecified atom stereocenters. The molecule has 2 heteroatoms. The average Bonchev–Trinajstić information content (AvgIpc) is 2.29. The lowest BCUT2D eigenvalue weighted by Gasteiger charge is -2.46. The van der Waals surface area contributed by atoms with Gasteiger partial charge in [-0.05, 0) is 56.4 Å². The van der Waals surface area contributed by atoms with E-state index in [4.69, 9.17) is 5.73 Å². The second-order valence-corrected chi connectivity index (χ2v) is 7.15. The summed E-state index contributed by atoms with van der Waals surface area (Å²) in [5, 5.41) is 0. The van der Waals surface area contributed by atoms with E-state index >= 15 is 0 Å². The van der Waals surface area contributed by atoms with Crippen molar-refractivity contribution in [2.45, 2.75) is 71.4 Å². The van der Waals surface area contributed by atoms with E-state index in [2.05, 4.69) is 25.7 Å². The van der Waals surface area contributed by atoms with Crippen molar-refractivity contribution >= 4 is 0 Å². The summed E-state index contributed by atoms with van der Waals surface area (Å²) in [7, 11) is 0. The number of rotatable bonds is 2. The summed E-state index contributed by atoms with van der Waals surface area (Å²) in [6.07, 6.45) is 8.24. The van der Waals surface area contributed by atoms with Crippen LogP contribution in [0.1, 0.15) is 59.3 Å². The van der Waals surface area contributed by atoms with Gasteiger partial charge in [0.2, 0.25) is 0 Å². The van der Waals surface area contributed by atoms with E-state index in [0.717, 1.165) is 18.5 Å². The Balaban J connectivity index is 1.93. The third kappa shape index (κ3) is 3.23. The molecule has 1 aliphatic carbocycles. The van der Waals surface area contributed by atoms with E-state index in [0.29, 0.717) is 11.5 Å². The molecule has 0 spiro atoms. The third-order valence-corrected chi connectivity index (χ3v) is 5.07. The fourth-order valence-electron chi connectivity index (χ4n) is 3.70. The summed E-state index contributed by atoms with van der Waals surface area (Å²) in [5.41, 5.74) is 6.56. The molecule has 0 aromatic carbocycles. The Morgan fingerprint density at radius 2 is 1.82 bits per heavy atom. The fraction of sp³-hybridized carbons (Fsp3) is 1.00. The predicted octanol–water partition coefficient (Wildman–Crippen LogP) is 3.01. The van der Waals surface area contributed by atoms with E-state index < -0.39 is 0 Å². The summed E-state index contributed by atoms with van der Waals surface area (Å²) >= 11 is 0. The summed E-state index contributed by atoms with van der Waals surface area (Å²) < 4.78 is 0. The number of likely N-dealkylation sites (tertiary alicyclic amines) is 1. The quantitative estimate of drug-likeness (QED) is 0.801. The Morgan fingerprint density at radius 3 is 2.41 bits per heavy atom. The van der Waals surface area contributed by atoms with Gasteiger partial charge in [0.05, 0.1) is 0 Å². The molecule has 2 nitrogen and oxygen atoms in total. The Morgan fingerprint density at radius 1 is 1.18 bits per heavy atom. The second-order valence-electron chi connectivity index (χ2n) is 7.15. The van der Waals surface area contributed by atoms with Gasteiger partial charge in [0, 0.05) is 18.6 Å². The number of nitrogens with zero attached hydrogens (tertiary/aromatic N) is 1. The number of nitrogens with two attached hydrogens (primary N) is 1. The number of hydrogen-bond acceptors (Lipinski definition) is 2. The Labute approximate surface area is 107 Å². The Kier molecular flexibility index (Phi) is 4.14. The van der Waals surface area contributed by atoms with Gasteiger partial charge in [-0.1, -0.05) is 20.8 Å². The number of piperidine rings is 1. The van der Waals surface area contributed by atoms with Crippen LogP contribution in [0.25, 0.3) is 0 Å². The summed E-state index contributed by atoms with van der Waals surface area (Å²) in [6.45, 7) is 9.35. The predicted molar refractivity (Wildman–Crippen MR) is 74.0 cm³/mol. The van der Waals surface area contributed by atoms with Crippen molar-refractivity contribution in [3.63, 3.8) is 0 Å². The molecule has 2 atom stereocenters. The standard InChI is InChI=1S/C15H30N2/c1-12-6-9-17(14(10-12)11-16)13-4-7-15(2,3)8-5-13/h12-14H,4-11,16H2,1-3H3. The van der Waals surface area contributed by atoms with Gasteiger partial charge in [0.15, 0.2) is 0 Å². The fourth-order valence-corrected chi connectivity index (χ4v) is 3.70. The SMILES string of the molecule is CC1CCN(C2CCC(C)(C)CC2)C(CN)C1. The van der Waals surface area contributed by atoms with Gasteiger partial charge in [0.25, 0.3) is 0 Å². The molecule has 1 aliphatic heterocycles. The molecule has 2 aliphatic rings. The van der Waals surface area contributed by atoms with Crippen LogP contribution in [0.3, 0.4) is 0 Å². The zero-order chi connectivity index (χ0) is 12.5. The monoisotopic (exact) mass is 238 g/mol. The van der Waals surface area contributed by atoms with Crippen molar-refractivity contribution in [1.29, 1.82) is 0 Å². The van der Waals surface area contributed by atoms with E-state index in [9.17, 15) is 0 Å². The highest BCUT2D eigenvalue weighted by atomic mass is 15.2. The highest BCUT2D eigenvalue weighted by molar-refractivity contribution is 4.90. The van der Waals surface area contributed by atoms with Crippen molar-refractivity contribution in [2.24, 2.45) is 17.1 Å². The molecule has 0 bridgehead atoms. The van der Waals surface area contributed by atoms with Crippen molar-refractivity contribution in [1.82, 2.24) is 4.90 Å². The van der Waals surface area contributed by atoms with Crippen LogP contribution in [0, 0.1) is 11.3 Å².